The lowest BCUT2D eigenvalue weighted by Crippen LogP contribution is -2.07. The molecule has 0 bridgehead atoms. The predicted octanol–water partition coefficient (Wildman–Crippen LogP) is 5.44. The number of halogens is 2. The van der Waals surface area contributed by atoms with Gasteiger partial charge < -0.3 is 4.74 Å². The van der Waals surface area contributed by atoms with Crippen LogP contribution in [0.1, 0.15) is 31.9 Å². The topological polar surface area (TPSA) is 26.3 Å². The summed E-state index contributed by atoms with van der Waals surface area (Å²) in [6, 6.07) is 3.88. The van der Waals surface area contributed by atoms with Gasteiger partial charge >= 0.3 is 0 Å². The van der Waals surface area contributed by atoms with Gasteiger partial charge in [0.15, 0.2) is 0 Å². The van der Waals surface area contributed by atoms with Crippen molar-refractivity contribution in [3.63, 3.8) is 0 Å². The molecule has 0 saturated carbocycles. The first-order chi connectivity index (χ1) is 9.36. The van der Waals surface area contributed by atoms with E-state index in [0.29, 0.717) is 16.2 Å². The standard InChI is InChI=1S/C15H14Br2O2S/c1-7-5-10(16)9(3)12(14(7)19-4)13(18)11-6-8(2)15(17)20-11/h5-6H,1-4H3. The number of rotatable bonds is 3. The van der Waals surface area contributed by atoms with Crippen molar-refractivity contribution in [2.45, 2.75) is 20.8 Å². The first-order valence-corrected chi connectivity index (χ1v) is 8.41. The molecule has 2 aromatic rings. The minimum atomic E-state index is 0.00236. The van der Waals surface area contributed by atoms with Crippen LogP contribution in [-0.2, 0) is 0 Å². The maximum atomic E-state index is 12.8. The lowest BCUT2D eigenvalue weighted by molar-refractivity contribution is 0.103. The first-order valence-electron chi connectivity index (χ1n) is 6.01. The molecule has 0 radical (unpaired) electrons. The van der Waals surface area contributed by atoms with Crippen LogP contribution in [0.25, 0.3) is 0 Å². The molecule has 1 heterocycles. The van der Waals surface area contributed by atoms with Crippen LogP contribution in [0, 0.1) is 20.8 Å². The monoisotopic (exact) mass is 416 g/mol. The van der Waals surface area contributed by atoms with Gasteiger partial charge in [0.2, 0.25) is 5.78 Å². The molecule has 5 heteroatoms. The summed E-state index contributed by atoms with van der Waals surface area (Å²) in [7, 11) is 1.60. The van der Waals surface area contributed by atoms with Crippen molar-refractivity contribution in [1.82, 2.24) is 0 Å². The summed E-state index contributed by atoms with van der Waals surface area (Å²) in [6.07, 6.45) is 0. The van der Waals surface area contributed by atoms with Crippen LogP contribution in [0.15, 0.2) is 20.4 Å². The number of methoxy groups -OCH3 is 1. The lowest BCUT2D eigenvalue weighted by Gasteiger charge is -2.14. The molecule has 0 aliphatic carbocycles. The van der Waals surface area contributed by atoms with Gasteiger partial charge in [-0.2, -0.15) is 0 Å². The fourth-order valence-electron chi connectivity index (χ4n) is 2.08. The number of aryl methyl sites for hydroxylation is 2. The Balaban J connectivity index is 2.65. The molecule has 0 N–H and O–H groups in total. The Morgan fingerprint density at radius 3 is 2.30 bits per heavy atom. The Morgan fingerprint density at radius 1 is 1.15 bits per heavy atom. The summed E-state index contributed by atoms with van der Waals surface area (Å²) in [5.41, 5.74) is 3.55. The lowest BCUT2D eigenvalue weighted by atomic mass is 9.99. The van der Waals surface area contributed by atoms with E-state index in [1.54, 1.807) is 7.11 Å². The molecule has 0 aliphatic heterocycles. The second-order valence-corrected chi connectivity index (χ2v) is 7.83. The summed E-state index contributed by atoms with van der Waals surface area (Å²) in [6.45, 7) is 5.85. The number of hydrogen-bond donors (Lipinski definition) is 0. The van der Waals surface area contributed by atoms with Crippen LogP contribution in [-0.4, -0.2) is 12.9 Å². The van der Waals surface area contributed by atoms with Crippen molar-refractivity contribution in [1.29, 1.82) is 0 Å². The van der Waals surface area contributed by atoms with Gasteiger partial charge in [-0.3, -0.25) is 4.79 Å². The van der Waals surface area contributed by atoms with E-state index in [4.69, 9.17) is 4.74 Å². The Kier molecular flexibility index (Phi) is 4.72. The molecule has 106 valence electrons. The minimum Gasteiger partial charge on any atom is -0.496 e. The van der Waals surface area contributed by atoms with E-state index in [1.807, 2.05) is 32.9 Å². The van der Waals surface area contributed by atoms with Crippen molar-refractivity contribution in [3.8, 4) is 5.75 Å². The van der Waals surface area contributed by atoms with E-state index in [1.165, 1.54) is 11.3 Å². The molecule has 0 spiro atoms. The van der Waals surface area contributed by atoms with Crippen LogP contribution >= 0.6 is 43.2 Å². The molecule has 2 nitrogen and oxygen atoms in total. The average molecular weight is 418 g/mol. The molecule has 0 amide bonds. The van der Waals surface area contributed by atoms with Gasteiger partial charge in [0.05, 0.1) is 21.3 Å². The summed E-state index contributed by atoms with van der Waals surface area (Å²) in [5, 5.41) is 0. The number of benzene rings is 1. The molecule has 20 heavy (non-hydrogen) atoms. The van der Waals surface area contributed by atoms with E-state index < -0.39 is 0 Å². The number of carbonyl (C=O) groups is 1. The Hall–Kier alpha value is -0.650. The van der Waals surface area contributed by atoms with Crippen LogP contribution < -0.4 is 4.74 Å². The molecule has 1 aromatic heterocycles. The third-order valence-electron chi connectivity index (χ3n) is 3.17. The minimum absolute atomic E-state index is 0.00236. The Labute approximate surface area is 139 Å². The molecule has 0 atom stereocenters. The van der Waals surface area contributed by atoms with Crippen molar-refractivity contribution >= 4 is 49.0 Å². The van der Waals surface area contributed by atoms with E-state index in [2.05, 4.69) is 31.9 Å². The average Bonchev–Trinajstić information content (AvgIpc) is 2.73. The van der Waals surface area contributed by atoms with Crippen molar-refractivity contribution < 1.29 is 9.53 Å². The van der Waals surface area contributed by atoms with E-state index in [0.717, 1.165) is 24.9 Å². The van der Waals surface area contributed by atoms with Gasteiger partial charge in [-0.05, 0) is 65.5 Å². The second-order valence-electron chi connectivity index (χ2n) is 4.61. The van der Waals surface area contributed by atoms with Gasteiger partial charge in [0.1, 0.15) is 5.75 Å². The summed E-state index contributed by atoms with van der Waals surface area (Å²) < 4.78 is 7.36. The van der Waals surface area contributed by atoms with Gasteiger partial charge in [-0.25, -0.2) is 0 Å². The number of thiophene rings is 1. The highest BCUT2D eigenvalue weighted by molar-refractivity contribution is 9.11. The smallest absolute Gasteiger partial charge is 0.207 e. The highest BCUT2D eigenvalue weighted by Crippen LogP contribution is 2.36. The maximum absolute atomic E-state index is 12.8. The first kappa shape index (κ1) is 15.7. The summed E-state index contributed by atoms with van der Waals surface area (Å²) in [4.78, 5) is 13.5. The van der Waals surface area contributed by atoms with E-state index in [9.17, 15) is 4.79 Å². The molecule has 2 rings (SSSR count). The van der Waals surface area contributed by atoms with Crippen molar-refractivity contribution in [3.05, 3.63) is 47.5 Å². The molecule has 0 aliphatic rings. The number of ether oxygens (including phenoxy) is 1. The predicted molar refractivity (Wildman–Crippen MR) is 90.4 cm³/mol. The Bertz CT molecular complexity index is 670. The molecule has 0 unspecified atom stereocenters. The third kappa shape index (κ3) is 2.71. The SMILES string of the molecule is COc1c(C)cc(Br)c(C)c1C(=O)c1cc(C)c(Br)s1. The molecule has 0 saturated heterocycles. The zero-order valence-corrected chi connectivity index (χ0v) is 15.6. The quantitative estimate of drug-likeness (QED) is 0.621. The zero-order valence-electron chi connectivity index (χ0n) is 11.6. The molecular weight excluding hydrogens is 404 g/mol. The van der Waals surface area contributed by atoms with Crippen molar-refractivity contribution in [2.24, 2.45) is 0 Å². The summed E-state index contributed by atoms with van der Waals surface area (Å²) >= 11 is 8.43. The molecule has 1 aromatic carbocycles. The van der Waals surface area contributed by atoms with Gasteiger partial charge in [-0.15, -0.1) is 11.3 Å². The number of carbonyl (C=O) groups excluding carboxylic acids is 1. The normalized spacial score (nSPS) is 10.7. The van der Waals surface area contributed by atoms with Crippen molar-refractivity contribution in [2.75, 3.05) is 7.11 Å². The van der Waals surface area contributed by atoms with Gasteiger partial charge in [0, 0.05) is 4.47 Å². The van der Waals surface area contributed by atoms with Crippen LogP contribution in [0.4, 0.5) is 0 Å². The van der Waals surface area contributed by atoms with Gasteiger partial charge in [0.25, 0.3) is 0 Å². The fourth-order valence-corrected chi connectivity index (χ4v) is 4.10. The number of hydrogen-bond acceptors (Lipinski definition) is 3. The van der Waals surface area contributed by atoms with Crippen LogP contribution in [0.3, 0.4) is 0 Å². The largest absolute Gasteiger partial charge is 0.496 e. The maximum Gasteiger partial charge on any atom is 0.207 e. The van der Waals surface area contributed by atoms with Crippen LogP contribution in [0.2, 0.25) is 0 Å². The summed E-state index contributed by atoms with van der Waals surface area (Å²) in [5.74, 6) is 0.653. The third-order valence-corrected chi connectivity index (χ3v) is 6.13. The van der Waals surface area contributed by atoms with Gasteiger partial charge in [-0.1, -0.05) is 15.9 Å². The Morgan fingerprint density at radius 2 is 1.80 bits per heavy atom. The highest BCUT2D eigenvalue weighted by Gasteiger charge is 2.22. The highest BCUT2D eigenvalue weighted by atomic mass is 79.9. The van der Waals surface area contributed by atoms with E-state index >= 15 is 0 Å². The zero-order chi connectivity index (χ0) is 15.0. The van der Waals surface area contributed by atoms with Crippen LogP contribution in [0.5, 0.6) is 5.75 Å². The second kappa shape index (κ2) is 6.00. The number of ketones is 1. The molecule has 0 fully saturated rings. The van der Waals surface area contributed by atoms with E-state index in [-0.39, 0.29) is 5.78 Å². The molecular formula is C15H14Br2O2S. The fraction of sp³-hybridized carbons (Fsp3) is 0.267.